The van der Waals surface area contributed by atoms with Crippen molar-refractivity contribution in [1.82, 2.24) is 5.48 Å². The van der Waals surface area contributed by atoms with E-state index < -0.39 is 22.0 Å². The number of benzene rings is 3. The van der Waals surface area contributed by atoms with Gasteiger partial charge in [0.2, 0.25) is 10.0 Å². The predicted octanol–water partition coefficient (Wildman–Crippen LogP) is 3.64. The third-order valence-electron chi connectivity index (χ3n) is 4.81. The molecule has 0 fully saturated rings. The Labute approximate surface area is 193 Å². The monoisotopic (exact) mass is 470 g/mol. The van der Waals surface area contributed by atoms with Gasteiger partial charge in [0.1, 0.15) is 11.5 Å². The highest BCUT2D eigenvalue weighted by Gasteiger charge is 2.27. The van der Waals surface area contributed by atoms with Crippen LogP contribution in [0.4, 0.5) is 5.69 Å². The Morgan fingerprint density at radius 2 is 1.55 bits per heavy atom. The zero-order valence-electron chi connectivity index (χ0n) is 18.3. The van der Waals surface area contributed by atoms with Gasteiger partial charge in [-0.15, -0.1) is 0 Å². The summed E-state index contributed by atoms with van der Waals surface area (Å²) < 4.78 is 37.5. The molecule has 3 aromatic rings. The molecule has 3 rings (SSSR count). The summed E-state index contributed by atoms with van der Waals surface area (Å²) in [4.78, 5) is 12.2. The summed E-state index contributed by atoms with van der Waals surface area (Å²) in [5.74, 6) is 0.335. The van der Waals surface area contributed by atoms with E-state index in [4.69, 9.17) is 14.7 Å². The van der Waals surface area contributed by atoms with Crippen molar-refractivity contribution in [1.29, 1.82) is 0 Å². The summed E-state index contributed by atoms with van der Waals surface area (Å²) in [6.45, 7) is 1.72. The number of carbonyl (C=O) groups excluding carboxylic acids is 1. The SMILES string of the molecule is Cc1ccc(Oc2ccc(N(C[C@H](OCc3ccccc3)C(=O)NO)S(C)(=O)=O)cc2)cc1. The molecule has 1 amide bonds. The van der Waals surface area contributed by atoms with Gasteiger partial charge in [-0.3, -0.25) is 14.3 Å². The van der Waals surface area contributed by atoms with Crippen LogP contribution < -0.4 is 14.5 Å². The van der Waals surface area contributed by atoms with Gasteiger partial charge in [-0.1, -0.05) is 48.0 Å². The molecule has 0 heterocycles. The number of nitrogens with zero attached hydrogens (tertiary/aromatic N) is 1. The molecule has 0 saturated heterocycles. The zero-order valence-corrected chi connectivity index (χ0v) is 19.2. The summed E-state index contributed by atoms with van der Waals surface area (Å²) in [7, 11) is -3.76. The van der Waals surface area contributed by atoms with Crippen molar-refractivity contribution in [2.45, 2.75) is 19.6 Å². The Hall–Kier alpha value is -3.40. The van der Waals surface area contributed by atoms with Crippen LogP contribution in [0.15, 0.2) is 78.9 Å². The molecule has 0 aliphatic rings. The highest BCUT2D eigenvalue weighted by molar-refractivity contribution is 7.92. The third-order valence-corrected chi connectivity index (χ3v) is 5.97. The first kappa shape index (κ1) is 24.2. The van der Waals surface area contributed by atoms with E-state index in [1.807, 2.05) is 61.5 Å². The number of ether oxygens (including phenoxy) is 2. The van der Waals surface area contributed by atoms with Gasteiger partial charge in [-0.25, -0.2) is 13.9 Å². The van der Waals surface area contributed by atoms with Crippen molar-refractivity contribution in [3.63, 3.8) is 0 Å². The molecule has 0 aromatic heterocycles. The van der Waals surface area contributed by atoms with Gasteiger partial charge in [-0.05, 0) is 48.9 Å². The maximum atomic E-state index is 12.5. The molecule has 0 saturated carbocycles. The summed E-state index contributed by atoms with van der Waals surface area (Å²) >= 11 is 0. The number of anilines is 1. The van der Waals surface area contributed by atoms with Crippen LogP contribution in [0.25, 0.3) is 0 Å². The van der Waals surface area contributed by atoms with Crippen molar-refractivity contribution >= 4 is 21.6 Å². The molecule has 0 bridgehead atoms. The largest absolute Gasteiger partial charge is 0.457 e. The van der Waals surface area contributed by atoms with Gasteiger partial charge in [0.05, 0.1) is 25.1 Å². The maximum Gasteiger partial charge on any atom is 0.274 e. The minimum absolute atomic E-state index is 0.0693. The van der Waals surface area contributed by atoms with E-state index in [0.717, 1.165) is 21.7 Å². The smallest absolute Gasteiger partial charge is 0.274 e. The Morgan fingerprint density at radius 3 is 2.09 bits per heavy atom. The number of aryl methyl sites for hydroxylation is 1. The van der Waals surface area contributed by atoms with Crippen LogP contribution in [0.5, 0.6) is 11.5 Å². The van der Waals surface area contributed by atoms with Gasteiger partial charge >= 0.3 is 0 Å². The van der Waals surface area contributed by atoms with E-state index in [1.165, 1.54) is 0 Å². The number of carbonyl (C=O) groups is 1. The van der Waals surface area contributed by atoms with Gasteiger partial charge in [0.15, 0.2) is 6.10 Å². The normalized spacial score (nSPS) is 12.1. The maximum absolute atomic E-state index is 12.5. The number of hydrogen-bond donors (Lipinski definition) is 2. The quantitative estimate of drug-likeness (QED) is 0.346. The fraction of sp³-hybridized carbons (Fsp3) is 0.208. The molecule has 0 radical (unpaired) electrons. The molecule has 174 valence electrons. The molecule has 0 aliphatic carbocycles. The van der Waals surface area contributed by atoms with E-state index >= 15 is 0 Å². The molecule has 8 nitrogen and oxygen atoms in total. The van der Waals surface area contributed by atoms with Gasteiger partial charge < -0.3 is 9.47 Å². The minimum atomic E-state index is -3.76. The van der Waals surface area contributed by atoms with Crippen LogP contribution in [0.3, 0.4) is 0 Å². The van der Waals surface area contributed by atoms with Crippen molar-refractivity contribution in [3.05, 3.63) is 90.0 Å². The van der Waals surface area contributed by atoms with E-state index in [-0.39, 0.29) is 13.2 Å². The van der Waals surface area contributed by atoms with Crippen molar-refractivity contribution in [2.75, 3.05) is 17.1 Å². The Kier molecular flexibility index (Phi) is 8.05. The van der Waals surface area contributed by atoms with Crippen LogP contribution in [0.2, 0.25) is 0 Å². The van der Waals surface area contributed by atoms with Crippen molar-refractivity contribution in [2.24, 2.45) is 0 Å². The van der Waals surface area contributed by atoms with Crippen LogP contribution >= 0.6 is 0 Å². The molecule has 33 heavy (non-hydrogen) atoms. The van der Waals surface area contributed by atoms with Gasteiger partial charge in [0.25, 0.3) is 5.91 Å². The Balaban J connectivity index is 1.77. The van der Waals surface area contributed by atoms with E-state index in [2.05, 4.69) is 0 Å². The fourth-order valence-electron chi connectivity index (χ4n) is 3.06. The molecule has 3 aromatic carbocycles. The average molecular weight is 471 g/mol. The second-order valence-corrected chi connectivity index (χ2v) is 9.37. The van der Waals surface area contributed by atoms with Crippen molar-refractivity contribution < 1.29 is 27.9 Å². The number of rotatable bonds is 10. The third kappa shape index (κ3) is 7.04. The van der Waals surface area contributed by atoms with Gasteiger partial charge in [-0.2, -0.15) is 0 Å². The van der Waals surface area contributed by atoms with Crippen LogP contribution in [-0.4, -0.2) is 38.4 Å². The first-order valence-electron chi connectivity index (χ1n) is 10.2. The van der Waals surface area contributed by atoms with E-state index in [0.29, 0.717) is 17.2 Å². The summed E-state index contributed by atoms with van der Waals surface area (Å²) in [6, 6.07) is 23.1. The molecule has 0 unspecified atom stereocenters. The van der Waals surface area contributed by atoms with Crippen molar-refractivity contribution in [3.8, 4) is 11.5 Å². The minimum Gasteiger partial charge on any atom is -0.457 e. The highest BCUT2D eigenvalue weighted by Crippen LogP contribution is 2.26. The molecule has 1 atom stereocenters. The lowest BCUT2D eigenvalue weighted by Crippen LogP contribution is -2.45. The number of hydroxylamine groups is 1. The molecule has 0 aliphatic heterocycles. The Bertz CT molecular complexity index is 1150. The van der Waals surface area contributed by atoms with Crippen LogP contribution in [-0.2, 0) is 26.2 Å². The average Bonchev–Trinajstić information content (AvgIpc) is 2.81. The standard InChI is InChI=1S/C24H26N2O6S/c1-18-8-12-21(13-9-18)32-22-14-10-20(11-15-22)26(33(2,29)30)16-23(24(27)25-28)31-17-19-6-4-3-5-7-19/h3-15,23,28H,16-17H2,1-2H3,(H,25,27)/t23-/m0/s1. The first-order valence-corrected chi connectivity index (χ1v) is 12.0. The summed E-state index contributed by atoms with van der Waals surface area (Å²) in [5, 5.41) is 9.12. The number of hydrogen-bond acceptors (Lipinski definition) is 6. The fourth-order valence-corrected chi connectivity index (χ4v) is 3.97. The topological polar surface area (TPSA) is 105 Å². The van der Waals surface area contributed by atoms with Crippen LogP contribution in [0, 0.1) is 6.92 Å². The lowest BCUT2D eigenvalue weighted by atomic mass is 10.2. The number of amides is 1. The lowest BCUT2D eigenvalue weighted by Gasteiger charge is -2.26. The van der Waals surface area contributed by atoms with Crippen LogP contribution in [0.1, 0.15) is 11.1 Å². The first-order chi connectivity index (χ1) is 15.8. The summed E-state index contributed by atoms with van der Waals surface area (Å²) in [5.41, 5.74) is 3.78. The van der Waals surface area contributed by atoms with Gasteiger partial charge in [0, 0.05) is 0 Å². The Morgan fingerprint density at radius 1 is 0.970 bits per heavy atom. The predicted molar refractivity (Wildman–Crippen MR) is 125 cm³/mol. The molecular weight excluding hydrogens is 444 g/mol. The molecule has 0 spiro atoms. The number of sulfonamides is 1. The second kappa shape index (κ2) is 11.0. The van der Waals surface area contributed by atoms with E-state index in [1.54, 1.807) is 29.7 Å². The number of nitrogens with one attached hydrogen (secondary N) is 1. The molecular formula is C24H26N2O6S. The highest BCUT2D eigenvalue weighted by atomic mass is 32.2. The molecule has 9 heteroatoms. The second-order valence-electron chi connectivity index (χ2n) is 7.46. The molecule has 2 N–H and O–H groups in total. The lowest BCUT2D eigenvalue weighted by molar-refractivity contribution is -0.141. The summed E-state index contributed by atoms with van der Waals surface area (Å²) in [6.07, 6.45) is -0.206. The zero-order chi connectivity index (χ0) is 23.8. The van der Waals surface area contributed by atoms with E-state index in [9.17, 15) is 13.2 Å².